The number of thiazole rings is 1. The lowest BCUT2D eigenvalue weighted by atomic mass is 10.5. The zero-order valence-corrected chi connectivity index (χ0v) is 11.7. The van der Waals surface area contributed by atoms with Crippen LogP contribution in [-0.2, 0) is 6.54 Å². The fourth-order valence-electron chi connectivity index (χ4n) is 1.30. The summed E-state index contributed by atoms with van der Waals surface area (Å²) in [6, 6.07) is 0.322. The van der Waals surface area contributed by atoms with Gasteiger partial charge in [-0.1, -0.05) is 6.92 Å². The number of aromatic nitrogens is 4. The molecule has 19 heavy (non-hydrogen) atoms. The Labute approximate surface area is 115 Å². The van der Waals surface area contributed by atoms with Crippen molar-refractivity contribution in [3.8, 4) is 6.01 Å². The topological polar surface area (TPSA) is 84.9 Å². The number of hydrogen-bond acceptors (Lipinski definition) is 8. The highest BCUT2D eigenvalue weighted by Gasteiger charge is 2.06. The summed E-state index contributed by atoms with van der Waals surface area (Å²) in [5.41, 5.74) is 0. The fourth-order valence-corrected chi connectivity index (χ4v) is 1.86. The second-order valence-electron chi connectivity index (χ2n) is 3.64. The number of hydrogen-bond donors (Lipinski definition) is 2. The van der Waals surface area contributed by atoms with E-state index in [9.17, 15) is 0 Å². The molecule has 0 atom stereocenters. The summed E-state index contributed by atoms with van der Waals surface area (Å²) in [7, 11) is 1.75. The van der Waals surface area contributed by atoms with E-state index < -0.39 is 0 Å². The van der Waals surface area contributed by atoms with Crippen LogP contribution in [0.15, 0.2) is 11.6 Å². The maximum atomic E-state index is 5.42. The van der Waals surface area contributed by atoms with E-state index >= 15 is 0 Å². The molecule has 0 saturated carbocycles. The fraction of sp³-hybridized carbons (Fsp3) is 0.455. The highest BCUT2D eigenvalue weighted by molar-refractivity contribution is 7.09. The molecule has 0 saturated heterocycles. The Morgan fingerprint density at radius 2 is 2.11 bits per heavy atom. The minimum absolute atomic E-state index is 0.322. The predicted octanol–water partition coefficient (Wildman–Crippen LogP) is 1.77. The molecule has 0 amide bonds. The Bertz CT molecular complexity index is 504. The van der Waals surface area contributed by atoms with Crippen LogP contribution in [-0.4, -0.2) is 33.6 Å². The minimum Gasteiger partial charge on any atom is -0.463 e. The molecule has 0 spiro atoms. The van der Waals surface area contributed by atoms with Gasteiger partial charge in [-0.05, 0) is 6.42 Å². The maximum absolute atomic E-state index is 5.42. The van der Waals surface area contributed by atoms with Crippen LogP contribution < -0.4 is 15.4 Å². The van der Waals surface area contributed by atoms with Crippen LogP contribution in [0.2, 0.25) is 0 Å². The van der Waals surface area contributed by atoms with Crippen molar-refractivity contribution in [3.05, 3.63) is 16.6 Å². The van der Waals surface area contributed by atoms with Gasteiger partial charge in [-0.2, -0.15) is 15.0 Å². The molecule has 2 N–H and O–H groups in total. The Kier molecular flexibility index (Phi) is 4.85. The number of nitrogens with one attached hydrogen (secondary N) is 2. The van der Waals surface area contributed by atoms with Gasteiger partial charge in [0.25, 0.3) is 0 Å². The van der Waals surface area contributed by atoms with Gasteiger partial charge in [0, 0.05) is 18.6 Å². The first-order valence-corrected chi connectivity index (χ1v) is 6.88. The van der Waals surface area contributed by atoms with Crippen molar-refractivity contribution in [1.29, 1.82) is 0 Å². The third-order valence-electron chi connectivity index (χ3n) is 2.15. The first-order valence-electron chi connectivity index (χ1n) is 6.00. The minimum atomic E-state index is 0.322. The largest absolute Gasteiger partial charge is 0.463 e. The van der Waals surface area contributed by atoms with E-state index in [4.69, 9.17) is 4.74 Å². The SMILES string of the molecule is CCCOc1nc(NC)nc(NCc2nccs2)n1. The highest BCUT2D eigenvalue weighted by Crippen LogP contribution is 2.12. The molecule has 0 aromatic carbocycles. The van der Waals surface area contributed by atoms with Gasteiger partial charge in [0.1, 0.15) is 5.01 Å². The van der Waals surface area contributed by atoms with Gasteiger partial charge in [-0.3, -0.25) is 0 Å². The number of ether oxygens (including phenoxy) is 1. The van der Waals surface area contributed by atoms with E-state index in [0.29, 0.717) is 31.1 Å². The first-order chi connectivity index (χ1) is 9.31. The van der Waals surface area contributed by atoms with E-state index in [1.54, 1.807) is 24.6 Å². The summed E-state index contributed by atoms with van der Waals surface area (Å²) in [6.45, 7) is 3.19. The average Bonchev–Trinajstić information content (AvgIpc) is 2.96. The summed E-state index contributed by atoms with van der Waals surface area (Å²) < 4.78 is 5.42. The lowest BCUT2D eigenvalue weighted by Gasteiger charge is -2.08. The zero-order valence-electron chi connectivity index (χ0n) is 10.9. The third kappa shape index (κ3) is 4.02. The van der Waals surface area contributed by atoms with Crippen LogP contribution in [0.3, 0.4) is 0 Å². The van der Waals surface area contributed by atoms with Gasteiger partial charge in [-0.15, -0.1) is 11.3 Å². The zero-order chi connectivity index (χ0) is 13.5. The van der Waals surface area contributed by atoms with Crippen LogP contribution in [0.4, 0.5) is 11.9 Å². The van der Waals surface area contributed by atoms with Gasteiger partial charge < -0.3 is 15.4 Å². The Balaban J connectivity index is 2.05. The van der Waals surface area contributed by atoms with Gasteiger partial charge >= 0.3 is 6.01 Å². The molecule has 2 heterocycles. The molecule has 2 rings (SSSR count). The number of rotatable bonds is 7. The van der Waals surface area contributed by atoms with E-state index in [0.717, 1.165) is 11.4 Å². The molecule has 7 nitrogen and oxygen atoms in total. The molecular formula is C11H16N6OS. The molecule has 0 bridgehead atoms. The maximum Gasteiger partial charge on any atom is 0.323 e. The summed E-state index contributed by atoms with van der Waals surface area (Å²) in [4.78, 5) is 16.7. The number of anilines is 2. The van der Waals surface area contributed by atoms with Gasteiger partial charge in [0.05, 0.1) is 13.2 Å². The quantitative estimate of drug-likeness (QED) is 0.799. The van der Waals surface area contributed by atoms with Crippen LogP contribution in [0.25, 0.3) is 0 Å². The lowest BCUT2D eigenvalue weighted by molar-refractivity contribution is 0.292. The molecule has 0 aliphatic heterocycles. The third-order valence-corrected chi connectivity index (χ3v) is 2.93. The van der Waals surface area contributed by atoms with Crippen LogP contribution >= 0.6 is 11.3 Å². The van der Waals surface area contributed by atoms with Crippen LogP contribution in [0.5, 0.6) is 6.01 Å². The molecular weight excluding hydrogens is 264 g/mol. The van der Waals surface area contributed by atoms with Gasteiger partial charge in [0.15, 0.2) is 0 Å². The molecule has 102 valence electrons. The average molecular weight is 280 g/mol. The van der Waals surface area contributed by atoms with Crippen molar-refractivity contribution in [2.24, 2.45) is 0 Å². The standard InChI is InChI=1S/C11H16N6OS/c1-3-5-18-11-16-9(12-2)15-10(17-11)14-7-8-13-4-6-19-8/h4,6H,3,5,7H2,1-2H3,(H2,12,14,15,16,17). The molecule has 0 radical (unpaired) electrons. The van der Waals surface area contributed by atoms with Crippen molar-refractivity contribution in [2.75, 3.05) is 24.3 Å². The van der Waals surface area contributed by atoms with E-state index in [1.165, 1.54) is 0 Å². The summed E-state index contributed by atoms with van der Waals surface area (Å²) >= 11 is 1.58. The molecule has 2 aromatic rings. The molecule has 2 aromatic heterocycles. The van der Waals surface area contributed by atoms with Crippen molar-refractivity contribution in [1.82, 2.24) is 19.9 Å². The van der Waals surface area contributed by atoms with Gasteiger partial charge in [-0.25, -0.2) is 4.98 Å². The molecule has 8 heteroatoms. The Morgan fingerprint density at radius 3 is 2.79 bits per heavy atom. The van der Waals surface area contributed by atoms with E-state index in [1.807, 2.05) is 12.3 Å². The normalized spacial score (nSPS) is 10.2. The van der Waals surface area contributed by atoms with Crippen LogP contribution in [0, 0.1) is 0 Å². The Hall–Kier alpha value is -1.96. The molecule has 0 fully saturated rings. The molecule has 0 aliphatic carbocycles. The van der Waals surface area contributed by atoms with E-state index in [2.05, 4.69) is 30.6 Å². The second-order valence-corrected chi connectivity index (χ2v) is 4.62. The van der Waals surface area contributed by atoms with Crippen molar-refractivity contribution >= 4 is 23.2 Å². The summed E-state index contributed by atoms with van der Waals surface area (Å²) in [5, 5.41) is 8.89. The molecule has 0 unspecified atom stereocenters. The summed E-state index contributed by atoms with van der Waals surface area (Å²) in [6.07, 6.45) is 2.67. The highest BCUT2D eigenvalue weighted by atomic mass is 32.1. The first kappa shape index (κ1) is 13.5. The Morgan fingerprint density at radius 1 is 1.26 bits per heavy atom. The van der Waals surface area contributed by atoms with Crippen molar-refractivity contribution in [3.63, 3.8) is 0 Å². The predicted molar refractivity (Wildman–Crippen MR) is 74.6 cm³/mol. The van der Waals surface area contributed by atoms with Crippen molar-refractivity contribution < 1.29 is 4.74 Å². The molecule has 0 aliphatic rings. The lowest BCUT2D eigenvalue weighted by Crippen LogP contribution is -2.09. The second kappa shape index (κ2) is 6.83. The van der Waals surface area contributed by atoms with Crippen LogP contribution in [0.1, 0.15) is 18.4 Å². The monoisotopic (exact) mass is 280 g/mol. The number of nitrogens with zero attached hydrogens (tertiary/aromatic N) is 4. The van der Waals surface area contributed by atoms with E-state index in [-0.39, 0.29) is 0 Å². The summed E-state index contributed by atoms with van der Waals surface area (Å²) in [5.74, 6) is 0.948. The van der Waals surface area contributed by atoms with Gasteiger partial charge in [0.2, 0.25) is 11.9 Å². The van der Waals surface area contributed by atoms with Crippen molar-refractivity contribution in [2.45, 2.75) is 19.9 Å². The smallest absolute Gasteiger partial charge is 0.323 e.